The molecule has 0 radical (unpaired) electrons. The van der Waals surface area contributed by atoms with E-state index in [0.29, 0.717) is 17.4 Å². The maximum atomic E-state index is 12.9. The second-order valence-electron chi connectivity index (χ2n) is 21.6. The van der Waals surface area contributed by atoms with Gasteiger partial charge in [-0.2, -0.15) is 0 Å². The number of carboxylic acid groups (broad SMARTS) is 1. The van der Waals surface area contributed by atoms with Crippen LogP contribution in [0.5, 0.6) is 0 Å². The Labute approximate surface area is 473 Å². The Kier molecular flexibility index (Phi) is 55.1. The minimum atomic E-state index is -1.63. The van der Waals surface area contributed by atoms with E-state index in [2.05, 4.69) is 123 Å². The number of hydrogen-bond acceptors (Lipinski definition) is 8. The molecule has 0 rings (SSSR count). The first kappa shape index (κ1) is 73.0. The number of unbranched alkanes of at least 4 members (excludes halogenated alkanes) is 23. The zero-order valence-electron chi connectivity index (χ0n) is 50.0. The number of likely N-dealkylation sites (N-methyl/N-ethyl adjacent to an activating group) is 1. The number of carbonyl (C=O) groups is 3. The molecule has 2 unspecified atom stereocenters. The van der Waals surface area contributed by atoms with Crippen molar-refractivity contribution in [3.05, 3.63) is 109 Å². The van der Waals surface area contributed by atoms with E-state index in [0.717, 1.165) is 103 Å². The molecule has 0 amide bonds. The number of carboxylic acids is 1. The number of carbonyl (C=O) groups excluding carboxylic acids is 3. The molecule has 0 aromatic rings. The van der Waals surface area contributed by atoms with E-state index in [9.17, 15) is 19.5 Å². The van der Waals surface area contributed by atoms with Gasteiger partial charge in [0.2, 0.25) is 0 Å². The fraction of sp³-hybridized carbons (Fsp3) is 0.691. The molecule has 0 aromatic heterocycles. The fourth-order valence-electron chi connectivity index (χ4n) is 8.25. The minimum absolute atomic E-state index is 0.138. The summed E-state index contributed by atoms with van der Waals surface area (Å²) in [5.74, 6) is -2.32. The van der Waals surface area contributed by atoms with E-state index < -0.39 is 24.3 Å². The van der Waals surface area contributed by atoms with Gasteiger partial charge in [0.1, 0.15) is 13.2 Å². The van der Waals surface area contributed by atoms with Crippen LogP contribution in [0.3, 0.4) is 0 Å². The van der Waals surface area contributed by atoms with Crippen molar-refractivity contribution in [2.24, 2.45) is 0 Å². The van der Waals surface area contributed by atoms with Gasteiger partial charge >= 0.3 is 11.9 Å². The summed E-state index contributed by atoms with van der Waals surface area (Å²) in [5.41, 5.74) is 0. The summed E-state index contributed by atoms with van der Waals surface area (Å²) in [4.78, 5) is 37.4. The van der Waals surface area contributed by atoms with Gasteiger partial charge in [-0.1, -0.05) is 239 Å². The number of aliphatic carboxylic acids is 1. The average Bonchev–Trinajstić information content (AvgIpc) is 3.40. The van der Waals surface area contributed by atoms with E-state index in [1.807, 2.05) is 21.1 Å². The molecule has 0 aromatic carbocycles. The lowest BCUT2D eigenvalue weighted by Gasteiger charge is -2.26. The molecule has 0 saturated heterocycles. The van der Waals surface area contributed by atoms with Crippen molar-refractivity contribution in [2.75, 3.05) is 47.5 Å². The zero-order chi connectivity index (χ0) is 56.2. The summed E-state index contributed by atoms with van der Waals surface area (Å²) in [6.07, 6.45) is 77.1. The van der Waals surface area contributed by atoms with Crippen molar-refractivity contribution >= 4 is 17.9 Å². The molecule has 440 valence electrons. The van der Waals surface area contributed by atoms with Crippen LogP contribution in [0.25, 0.3) is 0 Å². The van der Waals surface area contributed by atoms with Crippen LogP contribution in [0, 0.1) is 0 Å². The standard InChI is InChI=1S/C68H115NO8/c1-6-8-10-12-14-16-18-20-22-24-26-28-30-32-33-35-37-39-41-43-45-47-49-51-53-55-57-59-66(71)77-64(63-76-68(67(72)73)74-61-60-69(3,4)5)62-75-65(70)58-56-54-52-50-48-46-44-42-40-38-36-34-31-29-27-25-23-21-19-17-15-13-11-9-7-2/h8,10,14,16,19-22,25-28,32-33,37,39,43,45,64,68H,6-7,9,11-13,15,17-18,23-24,29-31,34-36,38,40-42,44,46-63H2,1-5H3/b10-8-,16-14-,21-19-,22-20-,27-25-,28-26-,33-32-,39-37-,45-43-. The van der Waals surface area contributed by atoms with Crippen LogP contribution in [-0.4, -0.2) is 82.3 Å². The maximum absolute atomic E-state index is 12.9. The van der Waals surface area contributed by atoms with Crippen molar-refractivity contribution < 1.29 is 42.9 Å². The van der Waals surface area contributed by atoms with Gasteiger partial charge in [-0.3, -0.25) is 9.59 Å². The second kappa shape index (κ2) is 58.1. The summed E-state index contributed by atoms with van der Waals surface area (Å²) in [5, 5.41) is 11.8. The molecule has 0 bridgehead atoms. The molecule has 2 atom stereocenters. The van der Waals surface area contributed by atoms with Crippen LogP contribution in [0.4, 0.5) is 0 Å². The Balaban J connectivity index is 4.28. The quantitative estimate of drug-likeness (QED) is 0.0195. The van der Waals surface area contributed by atoms with Gasteiger partial charge in [-0.15, -0.1) is 0 Å². The third kappa shape index (κ3) is 59.5. The number of quaternary nitrogens is 1. The van der Waals surface area contributed by atoms with Gasteiger partial charge in [0.05, 0.1) is 40.3 Å². The molecule has 77 heavy (non-hydrogen) atoms. The lowest BCUT2D eigenvalue weighted by molar-refractivity contribution is -0.870. The van der Waals surface area contributed by atoms with Gasteiger partial charge in [0, 0.05) is 12.8 Å². The van der Waals surface area contributed by atoms with E-state index >= 15 is 0 Å². The van der Waals surface area contributed by atoms with Gasteiger partial charge in [-0.05, 0) is 103 Å². The summed E-state index contributed by atoms with van der Waals surface area (Å²) in [6, 6.07) is 0. The largest absolute Gasteiger partial charge is 0.545 e. The van der Waals surface area contributed by atoms with Crippen LogP contribution < -0.4 is 5.11 Å². The first-order valence-electron chi connectivity index (χ1n) is 31.0. The van der Waals surface area contributed by atoms with Crippen LogP contribution in [0.2, 0.25) is 0 Å². The van der Waals surface area contributed by atoms with Gasteiger partial charge in [0.15, 0.2) is 12.4 Å². The summed E-state index contributed by atoms with van der Waals surface area (Å²) >= 11 is 0. The van der Waals surface area contributed by atoms with E-state index in [4.69, 9.17) is 18.9 Å². The van der Waals surface area contributed by atoms with Crippen molar-refractivity contribution in [1.29, 1.82) is 0 Å². The predicted molar refractivity (Wildman–Crippen MR) is 324 cm³/mol. The highest BCUT2D eigenvalue weighted by Gasteiger charge is 2.22. The summed E-state index contributed by atoms with van der Waals surface area (Å²) < 4.78 is 22.7. The van der Waals surface area contributed by atoms with E-state index in [1.54, 1.807) is 0 Å². The first-order valence-corrected chi connectivity index (χ1v) is 31.0. The van der Waals surface area contributed by atoms with Crippen molar-refractivity contribution in [1.82, 2.24) is 0 Å². The topological polar surface area (TPSA) is 111 Å². The Morgan fingerprint density at radius 3 is 1.10 bits per heavy atom. The highest BCUT2D eigenvalue weighted by molar-refractivity contribution is 5.70. The smallest absolute Gasteiger partial charge is 0.306 e. The van der Waals surface area contributed by atoms with Gasteiger partial charge in [-0.25, -0.2) is 0 Å². The van der Waals surface area contributed by atoms with Crippen LogP contribution >= 0.6 is 0 Å². The number of esters is 2. The predicted octanol–water partition coefficient (Wildman–Crippen LogP) is 17.3. The second-order valence-corrected chi connectivity index (χ2v) is 21.6. The monoisotopic (exact) mass is 1070 g/mol. The highest BCUT2D eigenvalue weighted by atomic mass is 16.7. The third-order valence-corrected chi connectivity index (χ3v) is 13.0. The normalized spacial score (nSPS) is 13.5. The number of rotatable bonds is 56. The lowest BCUT2D eigenvalue weighted by Crippen LogP contribution is -2.44. The van der Waals surface area contributed by atoms with Crippen molar-refractivity contribution in [3.8, 4) is 0 Å². The molecule has 0 spiro atoms. The zero-order valence-corrected chi connectivity index (χ0v) is 50.0. The van der Waals surface area contributed by atoms with Gasteiger partial charge < -0.3 is 33.3 Å². The number of hydrogen-bond donors (Lipinski definition) is 0. The van der Waals surface area contributed by atoms with Crippen molar-refractivity contribution in [3.63, 3.8) is 0 Å². The molecule has 0 fully saturated rings. The Morgan fingerprint density at radius 2 is 0.740 bits per heavy atom. The minimum Gasteiger partial charge on any atom is -0.545 e. The third-order valence-electron chi connectivity index (χ3n) is 13.0. The molecule has 0 heterocycles. The van der Waals surface area contributed by atoms with Crippen LogP contribution in [-0.2, 0) is 33.3 Å². The average molecular weight is 1070 g/mol. The van der Waals surface area contributed by atoms with Crippen LogP contribution in [0.15, 0.2) is 109 Å². The first-order chi connectivity index (χ1) is 37.6. The number of nitrogens with zero attached hydrogens (tertiary/aromatic N) is 1. The maximum Gasteiger partial charge on any atom is 0.306 e. The summed E-state index contributed by atoms with van der Waals surface area (Å²) in [6.45, 7) is 4.60. The Morgan fingerprint density at radius 1 is 0.403 bits per heavy atom. The Bertz CT molecular complexity index is 1630. The van der Waals surface area contributed by atoms with Crippen molar-refractivity contribution in [2.45, 2.75) is 257 Å². The molecule has 0 saturated carbocycles. The molecule has 0 aliphatic carbocycles. The SMILES string of the molecule is CC/C=C\C/C=C\C/C=C\C/C=C\C/C=C\C/C=C\C/C=C\CCCCCCCC(=O)OC(COC(=O)CCCCCCCCCCCCCCC/C=C\C/C=C\CCCCCCC)COC(OCC[N+](C)(C)C)C(=O)[O-]. The molecule has 0 aliphatic rings. The molecular weight excluding hydrogens is 959 g/mol. The highest BCUT2D eigenvalue weighted by Crippen LogP contribution is 2.15. The molecule has 0 N–H and O–H groups in total. The molecule has 9 nitrogen and oxygen atoms in total. The van der Waals surface area contributed by atoms with E-state index in [1.165, 1.54) is 109 Å². The summed E-state index contributed by atoms with van der Waals surface area (Å²) in [7, 11) is 5.91. The van der Waals surface area contributed by atoms with Gasteiger partial charge in [0.25, 0.3) is 0 Å². The van der Waals surface area contributed by atoms with Crippen LogP contribution in [0.1, 0.15) is 245 Å². The lowest BCUT2D eigenvalue weighted by atomic mass is 10.0. The molecule has 0 aliphatic heterocycles. The number of allylic oxidation sites excluding steroid dienone is 18. The fourth-order valence-corrected chi connectivity index (χ4v) is 8.25. The van der Waals surface area contributed by atoms with E-state index in [-0.39, 0.29) is 38.6 Å². The Hall–Kier alpha value is -4.05. The number of ether oxygens (including phenoxy) is 4. The molecule has 9 heteroatoms. The molecular formula is C68H115NO8.